The predicted molar refractivity (Wildman–Crippen MR) is 72.7 cm³/mol. The molecule has 0 fully saturated rings. The zero-order chi connectivity index (χ0) is 13.1. The summed E-state index contributed by atoms with van der Waals surface area (Å²) in [4.78, 5) is 20.8. The van der Waals surface area contributed by atoms with Crippen LogP contribution in [-0.2, 0) is 9.59 Å². The molecule has 0 radical (unpaired) electrons. The molecule has 0 spiro atoms. The summed E-state index contributed by atoms with van der Waals surface area (Å²) in [6, 6.07) is 0. The molecule has 0 unspecified atom stereocenters. The Kier molecular flexibility index (Phi) is 10.5. The van der Waals surface area contributed by atoms with Crippen molar-refractivity contribution in [3.63, 3.8) is 0 Å². The van der Waals surface area contributed by atoms with Crippen molar-refractivity contribution in [2.75, 3.05) is 11.5 Å². The molecule has 2 N–H and O–H groups in total. The molecule has 100 valence electrons. The molecule has 4 nitrogen and oxygen atoms in total. The number of aliphatic carboxylic acids is 2. The fourth-order valence-electron chi connectivity index (χ4n) is 1.14. The van der Waals surface area contributed by atoms with Crippen molar-refractivity contribution in [2.45, 2.75) is 43.6 Å². The summed E-state index contributed by atoms with van der Waals surface area (Å²) in [6.07, 6.45) is 3.57. The number of rotatable bonds is 11. The van der Waals surface area contributed by atoms with E-state index in [9.17, 15) is 9.59 Å². The number of unbranched alkanes of at least 4 members (excludes halogenated alkanes) is 1. The van der Waals surface area contributed by atoms with Crippen LogP contribution in [0.4, 0.5) is 0 Å². The number of carboxylic acids is 2. The largest absolute Gasteiger partial charge is 0.481 e. The van der Waals surface area contributed by atoms with Crippen LogP contribution in [0.25, 0.3) is 0 Å². The second-order valence-corrected chi connectivity index (χ2v) is 6.52. The maximum absolute atomic E-state index is 10.4. The molecule has 6 heteroatoms. The number of hydrogen-bond acceptors (Lipinski definition) is 4. The fraction of sp³-hybridized carbons (Fsp3) is 0.818. The molecular weight excluding hydrogens is 260 g/mol. The molecule has 0 bridgehead atoms. The number of hydrogen-bond donors (Lipinski definition) is 2. The van der Waals surface area contributed by atoms with Gasteiger partial charge in [0.2, 0.25) is 0 Å². The minimum atomic E-state index is -0.776. The molecule has 0 aliphatic carbocycles. The average molecular weight is 280 g/mol. The Morgan fingerprint density at radius 2 is 1.53 bits per heavy atom. The first kappa shape index (κ1) is 16.6. The quantitative estimate of drug-likeness (QED) is 0.567. The van der Waals surface area contributed by atoms with Gasteiger partial charge in [0.05, 0.1) is 17.4 Å². The number of thioether (sulfide) groups is 2. The Morgan fingerprint density at radius 1 is 1.06 bits per heavy atom. The highest BCUT2D eigenvalue weighted by Gasteiger charge is 2.11. The van der Waals surface area contributed by atoms with E-state index >= 15 is 0 Å². The molecule has 0 saturated carbocycles. The van der Waals surface area contributed by atoms with Crippen LogP contribution in [0.2, 0.25) is 0 Å². The van der Waals surface area contributed by atoms with Crippen LogP contribution in [0.15, 0.2) is 0 Å². The van der Waals surface area contributed by atoms with Crippen LogP contribution in [0.1, 0.15) is 39.0 Å². The third-order valence-electron chi connectivity index (χ3n) is 2.03. The van der Waals surface area contributed by atoms with E-state index in [-0.39, 0.29) is 12.8 Å². The van der Waals surface area contributed by atoms with E-state index in [1.807, 2.05) is 0 Å². The number of carboxylic acid groups (broad SMARTS) is 2. The molecule has 0 aromatic carbocycles. The van der Waals surface area contributed by atoms with Gasteiger partial charge in [-0.3, -0.25) is 9.59 Å². The van der Waals surface area contributed by atoms with Gasteiger partial charge in [-0.15, -0.1) is 23.5 Å². The molecule has 17 heavy (non-hydrogen) atoms. The molecule has 0 saturated heterocycles. The van der Waals surface area contributed by atoms with Crippen LogP contribution in [0, 0.1) is 0 Å². The van der Waals surface area contributed by atoms with E-state index in [1.54, 1.807) is 23.5 Å². The van der Waals surface area contributed by atoms with Crippen molar-refractivity contribution in [3.05, 3.63) is 0 Å². The third kappa shape index (κ3) is 11.9. The minimum Gasteiger partial charge on any atom is -0.481 e. The van der Waals surface area contributed by atoms with E-state index in [2.05, 4.69) is 6.92 Å². The lowest BCUT2D eigenvalue weighted by atomic mass is 10.3. The highest BCUT2D eigenvalue weighted by Crippen LogP contribution is 2.29. The Labute approximate surface area is 111 Å². The molecular formula is C11H20O4S2. The zero-order valence-electron chi connectivity index (χ0n) is 10.1. The first-order valence-electron chi connectivity index (χ1n) is 5.73. The molecule has 0 amide bonds. The summed E-state index contributed by atoms with van der Waals surface area (Å²) in [6.45, 7) is 2.11. The first-order chi connectivity index (χ1) is 8.06. The van der Waals surface area contributed by atoms with Crippen LogP contribution >= 0.6 is 23.5 Å². The smallest absolute Gasteiger partial charge is 0.304 e. The van der Waals surface area contributed by atoms with E-state index in [4.69, 9.17) is 10.2 Å². The van der Waals surface area contributed by atoms with E-state index in [0.29, 0.717) is 16.1 Å². The number of carbonyl (C=O) groups is 2. The highest BCUT2D eigenvalue weighted by molar-refractivity contribution is 8.17. The monoisotopic (exact) mass is 280 g/mol. The summed E-state index contributed by atoms with van der Waals surface area (Å²) in [5.74, 6) is -0.349. The lowest BCUT2D eigenvalue weighted by Crippen LogP contribution is -2.05. The van der Waals surface area contributed by atoms with Gasteiger partial charge in [-0.25, -0.2) is 0 Å². The molecule has 0 heterocycles. The standard InChI is InChI=1S/C11H20O4S2/c1-2-3-4-11(16-7-5-9(12)13)17-8-6-10(14)15/h11H,2-8H2,1H3,(H,12,13)(H,14,15). The van der Waals surface area contributed by atoms with Crippen molar-refractivity contribution in [1.29, 1.82) is 0 Å². The normalized spacial score (nSPS) is 10.7. The van der Waals surface area contributed by atoms with E-state index in [0.717, 1.165) is 19.3 Å². The Bertz CT molecular complexity index is 214. The van der Waals surface area contributed by atoms with Gasteiger partial charge in [-0.05, 0) is 6.42 Å². The molecule has 0 aromatic heterocycles. The van der Waals surface area contributed by atoms with Crippen molar-refractivity contribution in [3.8, 4) is 0 Å². The van der Waals surface area contributed by atoms with Gasteiger partial charge in [-0.1, -0.05) is 19.8 Å². The van der Waals surface area contributed by atoms with Gasteiger partial charge in [0.15, 0.2) is 0 Å². The van der Waals surface area contributed by atoms with Gasteiger partial charge in [0.25, 0.3) is 0 Å². The van der Waals surface area contributed by atoms with E-state index < -0.39 is 11.9 Å². The summed E-state index contributed by atoms with van der Waals surface area (Å²) in [7, 11) is 0. The lowest BCUT2D eigenvalue weighted by Gasteiger charge is -2.14. The van der Waals surface area contributed by atoms with Gasteiger partial charge < -0.3 is 10.2 Å². The van der Waals surface area contributed by atoms with Gasteiger partial charge in [-0.2, -0.15) is 0 Å². The third-order valence-corrected chi connectivity index (χ3v) is 4.94. The maximum atomic E-state index is 10.4. The van der Waals surface area contributed by atoms with E-state index in [1.165, 1.54) is 0 Å². The Balaban J connectivity index is 3.78. The first-order valence-corrected chi connectivity index (χ1v) is 7.82. The van der Waals surface area contributed by atoms with Crippen molar-refractivity contribution >= 4 is 35.5 Å². The van der Waals surface area contributed by atoms with Crippen LogP contribution in [-0.4, -0.2) is 38.2 Å². The predicted octanol–water partition coefficient (Wildman–Crippen LogP) is 2.92. The average Bonchev–Trinajstić information content (AvgIpc) is 2.24. The molecule has 0 aliphatic heterocycles. The van der Waals surface area contributed by atoms with Gasteiger partial charge in [0, 0.05) is 11.5 Å². The molecule has 0 aliphatic rings. The SMILES string of the molecule is CCCCC(SCCC(=O)O)SCCC(=O)O. The van der Waals surface area contributed by atoms with Gasteiger partial charge >= 0.3 is 11.9 Å². The van der Waals surface area contributed by atoms with Crippen molar-refractivity contribution < 1.29 is 19.8 Å². The van der Waals surface area contributed by atoms with Gasteiger partial charge in [0.1, 0.15) is 0 Å². The summed E-state index contributed by atoms with van der Waals surface area (Å²) >= 11 is 3.26. The van der Waals surface area contributed by atoms with Crippen molar-refractivity contribution in [2.24, 2.45) is 0 Å². The molecule has 0 rings (SSSR count). The molecule has 0 atom stereocenters. The summed E-state index contributed by atoms with van der Waals surface area (Å²) in [5.41, 5.74) is 0. The Morgan fingerprint density at radius 3 is 1.88 bits per heavy atom. The van der Waals surface area contributed by atoms with Crippen LogP contribution in [0.5, 0.6) is 0 Å². The highest BCUT2D eigenvalue weighted by atomic mass is 32.2. The topological polar surface area (TPSA) is 74.6 Å². The maximum Gasteiger partial charge on any atom is 0.304 e. The zero-order valence-corrected chi connectivity index (χ0v) is 11.7. The minimum absolute atomic E-state index is 0.173. The lowest BCUT2D eigenvalue weighted by molar-refractivity contribution is -0.137. The van der Waals surface area contributed by atoms with Crippen LogP contribution in [0.3, 0.4) is 0 Å². The summed E-state index contributed by atoms with van der Waals surface area (Å²) < 4.78 is 0.327. The Hall–Kier alpha value is -0.360. The van der Waals surface area contributed by atoms with Crippen LogP contribution < -0.4 is 0 Å². The summed E-state index contributed by atoms with van der Waals surface area (Å²) in [5, 5.41) is 17.1. The fourth-order valence-corrected chi connectivity index (χ4v) is 3.88. The van der Waals surface area contributed by atoms with Crippen molar-refractivity contribution in [1.82, 2.24) is 0 Å². The second-order valence-electron chi connectivity index (χ2n) is 3.60. The second kappa shape index (κ2) is 10.8. The molecule has 0 aromatic rings.